The molecule has 0 saturated heterocycles. The molecule has 14 rings (SSSR count). The maximum absolute atomic E-state index is 3.94. The van der Waals surface area contributed by atoms with Crippen molar-refractivity contribution in [2.45, 2.75) is 0 Å². The second-order valence-electron chi connectivity index (χ2n) is 19.2. The minimum absolute atomic E-state index is 1.02. The van der Waals surface area contributed by atoms with E-state index in [4.69, 9.17) is 0 Å². The molecule has 0 heterocycles. The molecule has 0 bridgehead atoms. The lowest BCUT2D eigenvalue weighted by atomic mass is 9.86. The fourth-order valence-electron chi connectivity index (χ4n) is 11.8. The van der Waals surface area contributed by atoms with Gasteiger partial charge >= 0.3 is 0 Å². The summed E-state index contributed by atoms with van der Waals surface area (Å²) in [6.07, 6.45) is 0. The molecule has 0 radical (unpaired) electrons. The van der Waals surface area contributed by atoms with E-state index in [2.05, 4.69) is 290 Å². The number of benzene rings is 14. The van der Waals surface area contributed by atoms with E-state index in [0.717, 1.165) is 33.9 Å². The predicted molar refractivity (Wildman–Crippen MR) is 318 cm³/mol. The average Bonchev–Trinajstić information content (AvgIpc) is 3.47. The molecular weight excluding hydrogens is 893 g/mol. The molecule has 0 aliphatic heterocycles. The SMILES string of the molecule is c1ccc(-c2c3ccccc3c(-c3ccc(Nc4ccc5ccccc5c4-c4c(Nc5ccc(-c6c7ccccc7c(-c7ccccc7)c7ccccc67)cc5)ccc5ccccc45)cc3)c3ccccc23)cc1. The first-order chi connectivity index (χ1) is 36.7. The van der Waals surface area contributed by atoms with Crippen LogP contribution in [0.3, 0.4) is 0 Å². The van der Waals surface area contributed by atoms with Crippen LogP contribution in [0, 0.1) is 0 Å². The van der Waals surface area contributed by atoms with E-state index in [-0.39, 0.29) is 0 Å². The molecule has 0 spiro atoms. The quantitative estimate of drug-likeness (QED) is 0.141. The van der Waals surface area contributed by atoms with E-state index in [1.54, 1.807) is 0 Å². The van der Waals surface area contributed by atoms with Crippen LogP contribution < -0.4 is 10.6 Å². The molecule has 0 fully saturated rings. The van der Waals surface area contributed by atoms with Crippen molar-refractivity contribution in [2.24, 2.45) is 0 Å². The summed E-state index contributed by atoms with van der Waals surface area (Å²) in [7, 11) is 0. The summed E-state index contributed by atoms with van der Waals surface area (Å²) in [5.74, 6) is 0. The minimum Gasteiger partial charge on any atom is -0.355 e. The van der Waals surface area contributed by atoms with E-state index >= 15 is 0 Å². The number of nitrogens with one attached hydrogen (secondary N) is 2. The number of anilines is 4. The highest BCUT2D eigenvalue weighted by molar-refractivity contribution is 6.23. The summed E-state index contributed by atoms with van der Waals surface area (Å²) >= 11 is 0. The van der Waals surface area contributed by atoms with Crippen molar-refractivity contribution in [3.63, 3.8) is 0 Å². The summed E-state index contributed by atoms with van der Waals surface area (Å²) in [4.78, 5) is 0. The summed E-state index contributed by atoms with van der Waals surface area (Å²) in [6.45, 7) is 0. The maximum Gasteiger partial charge on any atom is 0.0471 e. The Bertz CT molecular complexity index is 4040. The molecule has 0 unspecified atom stereocenters. The Morgan fingerprint density at radius 1 is 0.162 bits per heavy atom. The molecule has 0 aromatic heterocycles. The molecule has 0 aliphatic carbocycles. The van der Waals surface area contributed by atoms with Gasteiger partial charge in [0.05, 0.1) is 0 Å². The monoisotopic (exact) mass is 940 g/mol. The van der Waals surface area contributed by atoms with Crippen LogP contribution in [0.1, 0.15) is 0 Å². The number of hydrogen-bond donors (Lipinski definition) is 2. The Balaban J connectivity index is 0.863. The van der Waals surface area contributed by atoms with Crippen LogP contribution in [0.5, 0.6) is 0 Å². The lowest BCUT2D eigenvalue weighted by Crippen LogP contribution is -1.99. The van der Waals surface area contributed by atoms with Crippen LogP contribution >= 0.6 is 0 Å². The van der Waals surface area contributed by atoms with Crippen LogP contribution in [0.2, 0.25) is 0 Å². The van der Waals surface area contributed by atoms with Crippen LogP contribution in [0.15, 0.2) is 279 Å². The third kappa shape index (κ3) is 7.35. The number of rotatable bonds is 9. The van der Waals surface area contributed by atoms with E-state index in [1.165, 1.54) is 109 Å². The van der Waals surface area contributed by atoms with Gasteiger partial charge in [0, 0.05) is 33.9 Å². The lowest BCUT2D eigenvalue weighted by Gasteiger charge is -2.21. The Morgan fingerprint density at radius 2 is 0.405 bits per heavy atom. The normalized spacial score (nSPS) is 11.5. The van der Waals surface area contributed by atoms with Crippen molar-refractivity contribution in [1.82, 2.24) is 0 Å². The van der Waals surface area contributed by atoms with Gasteiger partial charge in [-0.1, -0.05) is 243 Å². The zero-order valence-corrected chi connectivity index (χ0v) is 40.6. The van der Waals surface area contributed by atoms with Gasteiger partial charge in [0.2, 0.25) is 0 Å². The minimum atomic E-state index is 1.02. The highest BCUT2D eigenvalue weighted by atomic mass is 14.9. The molecule has 14 aromatic carbocycles. The molecule has 0 aliphatic rings. The molecule has 0 saturated carbocycles. The highest BCUT2D eigenvalue weighted by Crippen LogP contribution is 2.48. The molecule has 346 valence electrons. The second kappa shape index (κ2) is 18.1. The van der Waals surface area contributed by atoms with Gasteiger partial charge in [-0.3, -0.25) is 0 Å². The van der Waals surface area contributed by atoms with Crippen molar-refractivity contribution in [1.29, 1.82) is 0 Å². The molecular formula is C72H48N2. The zero-order valence-electron chi connectivity index (χ0n) is 40.6. The zero-order chi connectivity index (χ0) is 49.0. The van der Waals surface area contributed by atoms with E-state index < -0.39 is 0 Å². The van der Waals surface area contributed by atoms with Crippen molar-refractivity contribution in [2.75, 3.05) is 10.6 Å². The second-order valence-corrected chi connectivity index (χ2v) is 19.2. The van der Waals surface area contributed by atoms with Gasteiger partial charge in [0.1, 0.15) is 0 Å². The topological polar surface area (TPSA) is 24.1 Å². The van der Waals surface area contributed by atoms with Crippen molar-refractivity contribution >= 4 is 87.4 Å². The van der Waals surface area contributed by atoms with Crippen LogP contribution in [-0.2, 0) is 0 Å². The Kier molecular flexibility index (Phi) is 10.6. The van der Waals surface area contributed by atoms with Crippen molar-refractivity contribution < 1.29 is 0 Å². The van der Waals surface area contributed by atoms with Gasteiger partial charge in [0.25, 0.3) is 0 Å². The third-order valence-electron chi connectivity index (χ3n) is 15.0. The average molecular weight is 941 g/mol. The first kappa shape index (κ1) is 43.1. The van der Waals surface area contributed by atoms with Gasteiger partial charge in [-0.25, -0.2) is 0 Å². The van der Waals surface area contributed by atoms with Crippen molar-refractivity contribution in [3.8, 4) is 55.6 Å². The van der Waals surface area contributed by atoms with E-state index in [9.17, 15) is 0 Å². The molecule has 2 N–H and O–H groups in total. The van der Waals surface area contributed by atoms with E-state index in [1.807, 2.05) is 0 Å². The summed E-state index contributed by atoms with van der Waals surface area (Å²) in [5, 5.41) is 22.6. The van der Waals surface area contributed by atoms with Crippen LogP contribution in [0.25, 0.3) is 120 Å². The summed E-state index contributed by atoms with van der Waals surface area (Å²) in [5.41, 5.74) is 16.2. The summed E-state index contributed by atoms with van der Waals surface area (Å²) < 4.78 is 0. The molecule has 14 aromatic rings. The van der Waals surface area contributed by atoms with E-state index in [0.29, 0.717) is 0 Å². The first-order valence-electron chi connectivity index (χ1n) is 25.5. The Hall–Kier alpha value is -9.76. The molecule has 2 nitrogen and oxygen atoms in total. The van der Waals surface area contributed by atoms with Gasteiger partial charge in [0.15, 0.2) is 0 Å². The lowest BCUT2D eigenvalue weighted by molar-refractivity contribution is 1.53. The summed E-state index contributed by atoms with van der Waals surface area (Å²) in [6, 6.07) is 102. The number of fused-ring (bicyclic) bond motifs is 6. The van der Waals surface area contributed by atoms with Gasteiger partial charge in [-0.15, -0.1) is 0 Å². The first-order valence-corrected chi connectivity index (χ1v) is 25.5. The van der Waals surface area contributed by atoms with Gasteiger partial charge < -0.3 is 10.6 Å². The van der Waals surface area contributed by atoms with Gasteiger partial charge in [-0.05, 0) is 146 Å². The molecule has 0 amide bonds. The molecule has 2 heteroatoms. The third-order valence-corrected chi connectivity index (χ3v) is 15.0. The maximum atomic E-state index is 3.94. The largest absolute Gasteiger partial charge is 0.355 e. The van der Waals surface area contributed by atoms with Crippen molar-refractivity contribution in [3.05, 3.63) is 279 Å². The molecule has 0 atom stereocenters. The highest BCUT2D eigenvalue weighted by Gasteiger charge is 2.21. The fraction of sp³-hybridized carbons (Fsp3) is 0. The van der Waals surface area contributed by atoms with Crippen LogP contribution in [0.4, 0.5) is 22.7 Å². The predicted octanol–water partition coefficient (Wildman–Crippen LogP) is 20.4. The smallest absolute Gasteiger partial charge is 0.0471 e. The molecule has 74 heavy (non-hydrogen) atoms. The Labute approximate surface area is 430 Å². The standard InChI is InChI=1S/C72H48N2/c1-3-21-49(22-4-1)67-57-27-11-15-31-61(57)69(62-32-16-12-28-58(62)67)51-35-41-53(42-36-51)73-65-45-39-47-19-7-9-25-55(47)71(65)72-56-26-10-8-20-48(56)40-46-66(72)74-54-43-37-52(38-44-54)70-63-33-17-13-29-59(63)68(50-23-5-2-6-24-50)60-30-14-18-34-64(60)70/h1-46,73-74H. The van der Waals surface area contributed by atoms with Crippen LogP contribution in [-0.4, -0.2) is 0 Å². The number of hydrogen-bond acceptors (Lipinski definition) is 2. The Morgan fingerprint density at radius 3 is 0.703 bits per heavy atom. The van der Waals surface area contributed by atoms with Gasteiger partial charge in [-0.2, -0.15) is 0 Å². The fourth-order valence-corrected chi connectivity index (χ4v) is 11.8.